The summed E-state index contributed by atoms with van der Waals surface area (Å²) in [5.74, 6) is -1.49. The summed E-state index contributed by atoms with van der Waals surface area (Å²) in [5, 5.41) is 11.2. The van der Waals surface area contributed by atoms with E-state index in [1.54, 1.807) is 18.3 Å². The zero-order valence-electron chi connectivity index (χ0n) is 15.1. The van der Waals surface area contributed by atoms with Gasteiger partial charge in [-0.2, -0.15) is 4.31 Å². The van der Waals surface area contributed by atoms with Gasteiger partial charge in [0.1, 0.15) is 16.4 Å². The van der Waals surface area contributed by atoms with E-state index in [-0.39, 0.29) is 10.7 Å². The number of nitrogens with zero attached hydrogens (tertiary/aromatic N) is 4. The van der Waals surface area contributed by atoms with E-state index in [1.807, 2.05) is 6.07 Å². The molecule has 29 heavy (non-hydrogen) atoms. The molecule has 0 radical (unpaired) electrons. The zero-order chi connectivity index (χ0) is 20.4. The lowest BCUT2D eigenvalue weighted by atomic mass is 10.2. The van der Waals surface area contributed by atoms with Gasteiger partial charge >= 0.3 is 0 Å². The van der Waals surface area contributed by atoms with Crippen LogP contribution in [0, 0.1) is 5.82 Å². The Kier molecular flexibility index (Phi) is 5.35. The number of anilines is 1. The van der Waals surface area contributed by atoms with Gasteiger partial charge in [0.05, 0.1) is 0 Å². The van der Waals surface area contributed by atoms with Crippen LogP contribution in [-0.2, 0) is 10.0 Å². The minimum atomic E-state index is -3.99. The Morgan fingerprint density at radius 2 is 1.93 bits per heavy atom. The first-order chi connectivity index (χ1) is 13.9. The molecule has 0 bridgehead atoms. The summed E-state index contributed by atoms with van der Waals surface area (Å²) < 4.78 is 40.8. The third kappa shape index (κ3) is 4.02. The summed E-state index contributed by atoms with van der Waals surface area (Å²) in [6.45, 7) is 0.693. The van der Waals surface area contributed by atoms with Gasteiger partial charge in [-0.05, 0) is 43.2 Å². The molecule has 11 heteroatoms. The van der Waals surface area contributed by atoms with Crippen molar-refractivity contribution in [3.63, 3.8) is 0 Å². The summed E-state index contributed by atoms with van der Waals surface area (Å²) in [4.78, 5) is 16.2. The predicted octanol–water partition coefficient (Wildman–Crippen LogP) is 2.78. The van der Waals surface area contributed by atoms with Crippen molar-refractivity contribution in [2.24, 2.45) is 0 Å². The molecule has 1 aliphatic rings. The second-order valence-electron chi connectivity index (χ2n) is 6.34. The van der Waals surface area contributed by atoms with E-state index in [0.29, 0.717) is 23.8 Å². The number of aromatic nitrogens is 3. The van der Waals surface area contributed by atoms with E-state index < -0.39 is 26.6 Å². The average Bonchev–Trinajstić information content (AvgIpc) is 3.41. The molecule has 1 saturated heterocycles. The molecule has 1 aromatic carbocycles. The van der Waals surface area contributed by atoms with Gasteiger partial charge in [-0.15, -0.1) is 10.2 Å². The Labute approximate surface area is 170 Å². The smallest absolute Gasteiger partial charge is 0.257 e. The van der Waals surface area contributed by atoms with Crippen LogP contribution >= 0.6 is 11.3 Å². The highest BCUT2D eigenvalue weighted by Gasteiger charge is 2.30. The molecular weight excluding hydrogens is 417 g/mol. The summed E-state index contributed by atoms with van der Waals surface area (Å²) >= 11 is 1.13. The van der Waals surface area contributed by atoms with Crippen LogP contribution in [0.3, 0.4) is 0 Å². The Morgan fingerprint density at radius 1 is 1.14 bits per heavy atom. The molecule has 150 valence electrons. The molecule has 1 fully saturated rings. The fraction of sp³-hybridized carbons (Fsp3) is 0.222. The lowest BCUT2D eigenvalue weighted by molar-refractivity contribution is 0.102. The maximum atomic E-state index is 14.2. The molecule has 1 aliphatic heterocycles. The number of carbonyl (C=O) groups excluding carboxylic acids is 1. The van der Waals surface area contributed by atoms with Crippen LogP contribution in [0.5, 0.6) is 0 Å². The number of benzene rings is 1. The topological polar surface area (TPSA) is 105 Å². The normalized spacial score (nSPS) is 14.8. The van der Waals surface area contributed by atoms with Crippen molar-refractivity contribution in [1.29, 1.82) is 0 Å². The lowest BCUT2D eigenvalue weighted by Gasteiger charge is -2.16. The zero-order valence-corrected chi connectivity index (χ0v) is 16.7. The van der Waals surface area contributed by atoms with Crippen molar-refractivity contribution in [3.8, 4) is 10.7 Å². The SMILES string of the molecule is O=C(Nc1nnc(-c2ccccn2)s1)c1ccc(F)c(S(=O)(=O)N2CCCC2)c1. The van der Waals surface area contributed by atoms with Crippen molar-refractivity contribution in [2.75, 3.05) is 18.4 Å². The van der Waals surface area contributed by atoms with Crippen LogP contribution < -0.4 is 5.32 Å². The first-order valence-electron chi connectivity index (χ1n) is 8.81. The summed E-state index contributed by atoms with van der Waals surface area (Å²) in [7, 11) is -3.99. The van der Waals surface area contributed by atoms with Crippen molar-refractivity contribution < 1.29 is 17.6 Å². The van der Waals surface area contributed by atoms with Crippen LogP contribution in [0.2, 0.25) is 0 Å². The van der Waals surface area contributed by atoms with E-state index in [2.05, 4.69) is 20.5 Å². The largest absolute Gasteiger partial charge is 0.296 e. The highest BCUT2D eigenvalue weighted by molar-refractivity contribution is 7.89. The molecule has 4 rings (SSSR count). The van der Waals surface area contributed by atoms with Crippen LogP contribution in [0.4, 0.5) is 9.52 Å². The predicted molar refractivity (Wildman–Crippen MR) is 105 cm³/mol. The molecule has 2 aromatic heterocycles. The molecule has 0 atom stereocenters. The van der Waals surface area contributed by atoms with Crippen molar-refractivity contribution in [1.82, 2.24) is 19.5 Å². The summed E-state index contributed by atoms with van der Waals surface area (Å²) in [6, 6.07) is 8.62. The van der Waals surface area contributed by atoms with Gasteiger partial charge in [0.25, 0.3) is 5.91 Å². The Balaban J connectivity index is 1.56. The number of amides is 1. The van der Waals surface area contributed by atoms with Gasteiger partial charge in [0, 0.05) is 24.8 Å². The van der Waals surface area contributed by atoms with Crippen molar-refractivity contribution in [3.05, 3.63) is 54.0 Å². The van der Waals surface area contributed by atoms with Crippen LogP contribution in [0.1, 0.15) is 23.2 Å². The summed E-state index contributed by atoms with van der Waals surface area (Å²) in [5.41, 5.74) is 0.630. The molecule has 0 saturated carbocycles. The maximum Gasteiger partial charge on any atom is 0.257 e. The number of nitrogens with one attached hydrogen (secondary N) is 1. The molecule has 1 N–H and O–H groups in total. The second kappa shape index (κ2) is 7.93. The molecule has 1 amide bonds. The third-order valence-electron chi connectivity index (χ3n) is 4.41. The van der Waals surface area contributed by atoms with E-state index in [1.165, 1.54) is 10.4 Å². The second-order valence-corrected chi connectivity index (χ2v) is 9.22. The first kappa shape index (κ1) is 19.6. The Hall–Kier alpha value is -2.76. The van der Waals surface area contributed by atoms with E-state index in [4.69, 9.17) is 0 Å². The number of sulfonamides is 1. The Bertz CT molecular complexity index is 1150. The van der Waals surface area contributed by atoms with Gasteiger partial charge in [-0.1, -0.05) is 17.4 Å². The first-order valence-corrected chi connectivity index (χ1v) is 11.1. The van der Waals surface area contributed by atoms with Gasteiger partial charge in [0.15, 0.2) is 5.01 Å². The quantitative estimate of drug-likeness (QED) is 0.663. The van der Waals surface area contributed by atoms with E-state index in [9.17, 15) is 17.6 Å². The van der Waals surface area contributed by atoms with E-state index in [0.717, 1.165) is 36.3 Å². The van der Waals surface area contributed by atoms with Crippen LogP contribution in [0.25, 0.3) is 10.7 Å². The summed E-state index contributed by atoms with van der Waals surface area (Å²) in [6.07, 6.45) is 3.09. The van der Waals surface area contributed by atoms with Crippen LogP contribution in [0.15, 0.2) is 47.5 Å². The highest BCUT2D eigenvalue weighted by Crippen LogP contribution is 2.26. The fourth-order valence-corrected chi connectivity index (χ4v) is 5.27. The van der Waals surface area contributed by atoms with Crippen LogP contribution in [-0.4, -0.2) is 46.9 Å². The lowest BCUT2D eigenvalue weighted by Crippen LogP contribution is -2.29. The molecule has 3 aromatic rings. The van der Waals surface area contributed by atoms with Crippen molar-refractivity contribution in [2.45, 2.75) is 17.7 Å². The third-order valence-corrected chi connectivity index (χ3v) is 7.18. The van der Waals surface area contributed by atoms with Crippen molar-refractivity contribution >= 4 is 32.4 Å². The van der Waals surface area contributed by atoms with Gasteiger partial charge in [0.2, 0.25) is 15.2 Å². The highest BCUT2D eigenvalue weighted by atomic mass is 32.2. The molecular formula is C18H16FN5O3S2. The molecule has 3 heterocycles. The minimum absolute atomic E-state index is 0.0127. The molecule has 8 nitrogen and oxygen atoms in total. The average molecular weight is 433 g/mol. The minimum Gasteiger partial charge on any atom is -0.296 e. The number of pyridine rings is 1. The molecule has 0 aliphatic carbocycles. The maximum absolute atomic E-state index is 14.2. The van der Waals surface area contributed by atoms with E-state index >= 15 is 0 Å². The number of hydrogen-bond donors (Lipinski definition) is 1. The monoisotopic (exact) mass is 433 g/mol. The number of rotatable bonds is 5. The molecule has 0 spiro atoms. The number of hydrogen-bond acceptors (Lipinski definition) is 7. The Morgan fingerprint density at radius 3 is 2.66 bits per heavy atom. The molecule has 0 unspecified atom stereocenters. The number of carbonyl (C=O) groups is 1. The fourth-order valence-electron chi connectivity index (χ4n) is 2.95. The number of halogens is 1. The standard InChI is InChI=1S/C18H16FN5O3S2/c19-13-7-6-12(11-15(13)29(26,27)24-9-3-4-10-24)16(25)21-18-23-22-17(28-18)14-5-1-2-8-20-14/h1-2,5-8,11H,3-4,9-10H2,(H,21,23,25). The van der Waals surface area contributed by atoms with Gasteiger partial charge in [-0.3, -0.25) is 15.1 Å². The van der Waals surface area contributed by atoms with Gasteiger partial charge in [-0.25, -0.2) is 12.8 Å². The van der Waals surface area contributed by atoms with Gasteiger partial charge < -0.3 is 0 Å².